The second-order valence-corrected chi connectivity index (χ2v) is 4.43. The van der Waals surface area contributed by atoms with Crippen molar-refractivity contribution in [1.82, 2.24) is 14.9 Å². The number of carbonyl (C=O) groups is 2. The van der Waals surface area contributed by atoms with Crippen LogP contribution in [-0.4, -0.2) is 44.4 Å². The summed E-state index contributed by atoms with van der Waals surface area (Å²) in [4.78, 5) is 31.6. The normalized spacial score (nSPS) is 12.1. The Labute approximate surface area is 112 Å². The van der Waals surface area contributed by atoms with Crippen molar-refractivity contribution in [3.8, 4) is 0 Å². The number of carbonyl (C=O) groups excluding carboxylic acids is 1. The fraction of sp³-hybridized carbons (Fsp3) is 0.615. The van der Waals surface area contributed by atoms with Gasteiger partial charge in [-0.25, -0.2) is 9.78 Å². The van der Waals surface area contributed by atoms with Gasteiger partial charge in [0.1, 0.15) is 6.04 Å². The molecule has 0 spiro atoms. The zero-order valence-corrected chi connectivity index (χ0v) is 11.4. The first-order valence-electron chi connectivity index (χ1n) is 6.59. The summed E-state index contributed by atoms with van der Waals surface area (Å²) in [7, 11) is 0. The molecule has 1 heterocycles. The van der Waals surface area contributed by atoms with Crippen LogP contribution in [0.15, 0.2) is 12.5 Å². The van der Waals surface area contributed by atoms with Crippen molar-refractivity contribution in [2.75, 3.05) is 6.54 Å². The highest BCUT2D eigenvalue weighted by atomic mass is 16.4. The number of nitrogens with one attached hydrogen (secondary N) is 1. The fourth-order valence-electron chi connectivity index (χ4n) is 1.92. The van der Waals surface area contributed by atoms with E-state index in [4.69, 9.17) is 0 Å². The Morgan fingerprint density at radius 1 is 1.47 bits per heavy atom. The number of imidazole rings is 1. The van der Waals surface area contributed by atoms with Gasteiger partial charge in [-0.15, -0.1) is 0 Å². The molecule has 0 aliphatic carbocycles. The van der Waals surface area contributed by atoms with Gasteiger partial charge in [0.2, 0.25) is 5.91 Å². The molecule has 1 aromatic rings. The van der Waals surface area contributed by atoms with Gasteiger partial charge in [-0.1, -0.05) is 20.3 Å². The van der Waals surface area contributed by atoms with Crippen molar-refractivity contribution in [3.63, 3.8) is 0 Å². The number of rotatable bonds is 8. The number of aromatic amines is 1. The molecule has 1 aromatic heterocycles. The summed E-state index contributed by atoms with van der Waals surface area (Å²) in [5.74, 6) is -1.10. The summed E-state index contributed by atoms with van der Waals surface area (Å²) in [5.41, 5.74) is 0.720. The molecule has 19 heavy (non-hydrogen) atoms. The topological polar surface area (TPSA) is 86.3 Å². The summed E-state index contributed by atoms with van der Waals surface area (Å²) in [5, 5.41) is 9.36. The zero-order chi connectivity index (χ0) is 14.3. The molecule has 6 heteroatoms. The first-order chi connectivity index (χ1) is 9.10. The van der Waals surface area contributed by atoms with Gasteiger partial charge in [0.15, 0.2) is 0 Å². The number of carboxylic acids is 1. The van der Waals surface area contributed by atoms with Crippen LogP contribution >= 0.6 is 0 Å². The van der Waals surface area contributed by atoms with Gasteiger partial charge < -0.3 is 15.0 Å². The van der Waals surface area contributed by atoms with Crippen molar-refractivity contribution in [2.45, 2.75) is 45.6 Å². The third-order valence-electron chi connectivity index (χ3n) is 3.00. The Kier molecular flexibility index (Phi) is 6.05. The van der Waals surface area contributed by atoms with E-state index in [1.165, 1.54) is 11.2 Å². The predicted molar refractivity (Wildman–Crippen MR) is 70.6 cm³/mol. The van der Waals surface area contributed by atoms with E-state index in [0.717, 1.165) is 18.5 Å². The largest absolute Gasteiger partial charge is 0.480 e. The van der Waals surface area contributed by atoms with Crippen LogP contribution in [0.1, 0.15) is 38.8 Å². The molecule has 2 N–H and O–H groups in total. The van der Waals surface area contributed by atoms with E-state index in [1.807, 2.05) is 6.92 Å². The highest BCUT2D eigenvalue weighted by Gasteiger charge is 2.28. The average molecular weight is 267 g/mol. The maximum absolute atomic E-state index is 11.9. The number of amides is 1. The van der Waals surface area contributed by atoms with E-state index < -0.39 is 12.0 Å². The molecular formula is C13H21N3O3. The van der Waals surface area contributed by atoms with Crippen LogP contribution in [0.4, 0.5) is 0 Å². The maximum Gasteiger partial charge on any atom is 0.326 e. The molecule has 0 bridgehead atoms. The van der Waals surface area contributed by atoms with Gasteiger partial charge >= 0.3 is 5.97 Å². The quantitative estimate of drug-likeness (QED) is 0.746. The van der Waals surface area contributed by atoms with Crippen molar-refractivity contribution in [3.05, 3.63) is 18.2 Å². The van der Waals surface area contributed by atoms with E-state index in [1.54, 1.807) is 13.1 Å². The van der Waals surface area contributed by atoms with Gasteiger partial charge in [0.05, 0.1) is 6.33 Å². The summed E-state index contributed by atoms with van der Waals surface area (Å²) < 4.78 is 0. The smallest absolute Gasteiger partial charge is 0.326 e. The van der Waals surface area contributed by atoms with Crippen LogP contribution < -0.4 is 0 Å². The Morgan fingerprint density at radius 3 is 2.68 bits per heavy atom. The summed E-state index contributed by atoms with van der Waals surface area (Å²) >= 11 is 0. The predicted octanol–water partition coefficient (Wildman–Crippen LogP) is 1.44. The van der Waals surface area contributed by atoms with Crippen LogP contribution in [0.2, 0.25) is 0 Å². The number of unbranched alkanes of at least 4 members (excludes halogenated alkanes) is 1. The number of hydrogen-bond acceptors (Lipinski definition) is 3. The monoisotopic (exact) mass is 267 g/mol. The number of hydrogen-bond donors (Lipinski definition) is 2. The Balaban J connectivity index is 2.84. The first-order valence-corrected chi connectivity index (χ1v) is 6.59. The number of nitrogens with zero attached hydrogens (tertiary/aromatic N) is 2. The second-order valence-electron chi connectivity index (χ2n) is 4.43. The second kappa shape index (κ2) is 7.56. The fourth-order valence-corrected chi connectivity index (χ4v) is 1.92. The lowest BCUT2D eigenvalue weighted by Gasteiger charge is -2.28. The molecule has 0 saturated heterocycles. The molecule has 1 atom stereocenters. The minimum absolute atomic E-state index is 0.125. The standard InChI is InChI=1S/C13H21N3O3/c1-3-5-6-16(12(17)4-2)11(13(18)19)7-10-8-14-9-15-10/h8-9,11H,3-7H2,1-2H3,(H,14,15)(H,18,19). The van der Waals surface area contributed by atoms with E-state index in [-0.39, 0.29) is 12.3 Å². The highest BCUT2D eigenvalue weighted by Crippen LogP contribution is 2.11. The molecule has 1 unspecified atom stereocenters. The SMILES string of the molecule is CCCCN(C(=O)CC)C(Cc1cnc[nH]1)C(=O)O. The van der Waals surface area contributed by atoms with Crippen LogP contribution in [-0.2, 0) is 16.0 Å². The first kappa shape index (κ1) is 15.2. The number of carboxylic acid groups (broad SMARTS) is 1. The molecule has 0 saturated carbocycles. The molecule has 0 aliphatic heterocycles. The summed E-state index contributed by atoms with van der Waals surface area (Å²) in [6.07, 6.45) is 5.39. The van der Waals surface area contributed by atoms with Gasteiger partial charge in [-0.3, -0.25) is 4.79 Å². The highest BCUT2D eigenvalue weighted by molar-refractivity contribution is 5.83. The lowest BCUT2D eigenvalue weighted by atomic mass is 10.1. The zero-order valence-electron chi connectivity index (χ0n) is 11.4. The van der Waals surface area contributed by atoms with Crippen molar-refractivity contribution >= 4 is 11.9 Å². The Morgan fingerprint density at radius 2 is 2.21 bits per heavy atom. The lowest BCUT2D eigenvalue weighted by Crippen LogP contribution is -2.46. The van der Waals surface area contributed by atoms with Gasteiger partial charge in [0, 0.05) is 31.3 Å². The Hall–Kier alpha value is -1.85. The lowest BCUT2D eigenvalue weighted by molar-refractivity contribution is -0.150. The number of H-pyrrole nitrogens is 1. The van der Waals surface area contributed by atoms with Gasteiger partial charge in [-0.2, -0.15) is 0 Å². The van der Waals surface area contributed by atoms with E-state index in [2.05, 4.69) is 9.97 Å². The molecule has 0 aromatic carbocycles. The van der Waals surface area contributed by atoms with Gasteiger partial charge in [-0.05, 0) is 6.42 Å². The van der Waals surface area contributed by atoms with Gasteiger partial charge in [0.25, 0.3) is 0 Å². The molecule has 0 radical (unpaired) electrons. The van der Waals surface area contributed by atoms with E-state index >= 15 is 0 Å². The van der Waals surface area contributed by atoms with Crippen molar-refractivity contribution < 1.29 is 14.7 Å². The van der Waals surface area contributed by atoms with Crippen LogP contribution in [0.5, 0.6) is 0 Å². The minimum Gasteiger partial charge on any atom is -0.480 e. The molecule has 106 valence electrons. The molecule has 0 fully saturated rings. The maximum atomic E-state index is 11.9. The average Bonchev–Trinajstić information content (AvgIpc) is 2.90. The molecule has 1 amide bonds. The van der Waals surface area contributed by atoms with Crippen LogP contribution in [0, 0.1) is 0 Å². The third-order valence-corrected chi connectivity index (χ3v) is 3.00. The number of aromatic nitrogens is 2. The van der Waals surface area contributed by atoms with Crippen LogP contribution in [0.3, 0.4) is 0 Å². The van der Waals surface area contributed by atoms with Crippen molar-refractivity contribution in [1.29, 1.82) is 0 Å². The van der Waals surface area contributed by atoms with E-state index in [0.29, 0.717) is 13.0 Å². The van der Waals surface area contributed by atoms with Crippen molar-refractivity contribution in [2.24, 2.45) is 0 Å². The number of aliphatic carboxylic acids is 1. The summed E-state index contributed by atoms with van der Waals surface area (Å²) in [6, 6.07) is -0.834. The molecular weight excluding hydrogens is 246 g/mol. The molecule has 6 nitrogen and oxygen atoms in total. The summed E-state index contributed by atoms with van der Waals surface area (Å²) in [6.45, 7) is 4.24. The van der Waals surface area contributed by atoms with Crippen LogP contribution in [0.25, 0.3) is 0 Å². The molecule has 1 rings (SSSR count). The minimum atomic E-state index is -0.979. The Bertz CT molecular complexity index is 403. The van der Waals surface area contributed by atoms with E-state index in [9.17, 15) is 14.7 Å². The third kappa shape index (κ3) is 4.39. The molecule has 0 aliphatic rings.